The number of ketones is 2. The largest absolute Gasteiger partial charge is 0.507 e. The van der Waals surface area contributed by atoms with Crippen LogP contribution in [-0.4, -0.2) is 32.8 Å². The Hall–Kier alpha value is -4.59. The zero-order valence-corrected chi connectivity index (χ0v) is 19.8. The number of aryl methyl sites for hydroxylation is 1. The zero-order chi connectivity index (χ0) is 25.9. The molecule has 8 nitrogen and oxygen atoms in total. The van der Waals surface area contributed by atoms with Crippen LogP contribution in [0.5, 0.6) is 17.2 Å². The molecule has 1 aliphatic carbocycles. The lowest BCUT2D eigenvalue weighted by molar-refractivity contribution is -0.123. The number of rotatable bonds is 4. The van der Waals surface area contributed by atoms with Crippen molar-refractivity contribution in [2.45, 2.75) is 32.7 Å². The van der Waals surface area contributed by atoms with Gasteiger partial charge in [-0.2, -0.15) is 0 Å². The van der Waals surface area contributed by atoms with Gasteiger partial charge in [-0.15, -0.1) is 0 Å². The van der Waals surface area contributed by atoms with Crippen LogP contribution in [0.15, 0.2) is 65.6 Å². The van der Waals surface area contributed by atoms with Gasteiger partial charge in [0.15, 0.2) is 17.3 Å². The number of aromatic hydroxyl groups is 2. The van der Waals surface area contributed by atoms with Crippen molar-refractivity contribution in [2.75, 3.05) is 0 Å². The van der Waals surface area contributed by atoms with Gasteiger partial charge in [-0.1, -0.05) is 36.4 Å². The van der Waals surface area contributed by atoms with E-state index in [0.29, 0.717) is 0 Å². The first-order valence-electron chi connectivity index (χ1n) is 11.3. The fraction of sp³-hybridized carbons (Fsp3) is 0.179. The fourth-order valence-corrected chi connectivity index (χ4v) is 5.01. The van der Waals surface area contributed by atoms with Crippen LogP contribution in [0.1, 0.15) is 40.9 Å². The first-order valence-corrected chi connectivity index (χ1v) is 11.3. The topological polar surface area (TPSA) is 133 Å². The average Bonchev–Trinajstić information content (AvgIpc) is 3.11. The second-order valence-electron chi connectivity index (χ2n) is 9.14. The smallest absolute Gasteiger partial charge is 0.259 e. The molecule has 0 bridgehead atoms. The molecule has 1 atom stereocenters. The molecule has 182 valence electrons. The Kier molecular flexibility index (Phi) is 5.14. The van der Waals surface area contributed by atoms with Crippen LogP contribution >= 0.6 is 0 Å². The molecule has 0 saturated carbocycles. The summed E-state index contributed by atoms with van der Waals surface area (Å²) in [4.78, 5) is 38.7. The van der Waals surface area contributed by atoms with Gasteiger partial charge in [0.1, 0.15) is 39.6 Å². The summed E-state index contributed by atoms with van der Waals surface area (Å²) in [5.41, 5.74) is -0.554. The molecule has 0 radical (unpaired) electrons. The third kappa shape index (κ3) is 3.18. The van der Waals surface area contributed by atoms with E-state index in [4.69, 9.17) is 4.74 Å². The predicted octanol–water partition coefficient (Wildman–Crippen LogP) is 4.01. The van der Waals surface area contributed by atoms with Gasteiger partial charge in [-0.05, 0) is 42.7 Å². The minimum absolute atomic E-state index is 0.0608. The lowest BCUT2D eigenvalue weighted by Gasteiger charge is -2.27. The molecule has 0 aromatic heterocycles. The van der Waals surface area contributed by atoms with E-state index in [0.717, 1.165) is 41.0 Å². The van der Waals surface area contributed by atoms with Crippen molar-refractivity contribution < 1.29 is 34.4 Å². The highest BCUT2D eigenvalue weighted by Gasteiger charge is 2.55. The van der Waals surface area contributed by atoms with E-state index in [-0.39, 0.29) is 29.2 Å². The fourth-order valence-electron chi connectivity index (χ4n) is 5.01. The summed E-state index contributed by atoms with van der Waals surface area (Å²) < 4.78 is 5.80. The third-order valence-electron chi connectivity index (χ3n) is 6.93. The van der Waals surface area contributed by atoms with Crippen molar-refractivity contribution >= 4 is 28.2 Å². The number of fused-ring (bicyclic) bond motifs is 4. The first kappa shape index (κ1) is 23.2. The summed E-state index contributed by atoms with van der Waals surface area (Å²) in [5.74, 6) is -3.97. The van der Waals surface area contributed by atoms with Gasteiger partial charge < -0.3 is 25.4 Å². The predicted molar refractivity (Wildman–Crippen MR) is 131 cm³/mol. The number of amides is 1. The van der Waals surface area contributed by atoms with Crippen molar-refractivity contribution in [1.29, 1.82) is 0 Å². The Labute approximate surface area is 206 Å². The summed E-state index contributed by atoms with van der Waals surface area (Å²) in [5, 5.41) is 36.3. The van der Waals surface area contributed by atoms with Crippen LogP contribution in [-0.2, 0) is 21.5 Å². The molecule has 3 aromatic rings. The molecule has 0 spiro atoms. The molecule has 5 rings (SSSR count). The zero-order valence-electron chi connectivity index (χ0n) is 19.8. The van der Waals surface area contributed by atoms with E-state index in [1.807, 2.05) is 43.3 Å². The number of carbonyl (C=O) groups excluding carboxylic acids is 3. The number of allylic oxidation sites excluding steroid dienone is 3. The maximum atomic E-state index is 13.3. The molecule has 1 aliphatic heterocycles. The number of ether oxygens (including phenoxy) is 1. The Morgan fingerprint density at radius 1 is 1.06 bits per heavy atom. The normalized spacial score (nSPS) is 18.4. The number of Topliss-reactive ketones (excluding diaryl/α,β-unsaturated/α-hetero) is 2. The lowest BCUT2D eigenvalue weighted by atomic mass is 9.71. The number of aliphatic hydroxyl groups is 1. The van der Waals surface area contributed by atoms with Crippen LogP contribution in [0.3, 0.4) is 0 Å². The summed E-state index contributed by atoms with van der Waals surface area (Å²) >= 11 is 0. The number of phenols is 2. The van der Waals surface area contributed by atoms with Gasteiger partial charge >= 0.3 is 0 Å². The van der Waals surface area contributed by atoms with E-state index >= 15 is 0 Å². The van der Waals surface area contributed by atoms with Crippen LogP contribution < -0.4 is 10.1 Å². The van der Waals surface area contributed by atoms with Crippen molar-refractivity contribution in [2.24, 2.45) is 0 Å². The van der Waals surface area contributed by atoms with E-state index in [2.05, 4.69) is 5.32 Å². The minimum atomic E-state index is -1.67. The number of benzene rings is 3. The van der Waals surface area contributed by atoms with Crippen molar-refractivity contribution in [3.05, 3.63) is 87.9 Å². The molecule has 1 amide bonds. The van der Waals surface area contributed by atoms with Crippen LogP contribution in [0.2, 0.25) is 0 Å². The van der Waals surface area contributed by atoms with Gasteiger partial charge in [0.05, 0.1) is 5.56 Å². The molecular formula is C28H23NO7. The van der Waals surface area contributed by atoms with Gasteiger partial charge in [0, 0.05) is 18.7 Å². The van der Waals surface area contributed by atoms with E-state index < -0.39 is 45.7 Å². The number of hydrogen-bond donors (Lipinski definition) is 4. The van der Waals surface area contributed by atoms with Crippen molar-refractivity contribution in [3.8, 4) is 17.2 Å². The van der Waals surface area contributed by atoms with Crippen LogP contribution in [0.4, 0.5) is 0 Å². The molecular weight excluding hydrogens is 462 g/mol. The molecule has 0 saturated heterocycles. The molecule has 2 aliphatic rings. The highest BCUT2D eigenvalue weighted by Crippen LogP contribution is 2.56. The highest BCUT2D eigenvalue weighted by atomic mass is 16.5. The van der Waals surface area contributed by atoms with Crippen molar-refractivity contribution in [3.63, 3.8) is 0 Å². The number of nitrogens with one attached hydrogen (secondary N) is 1. The highest BCUT2D eigenvalue weighted by molar-refractivity contribution is 6.25. The number of hydrogen-bond acceptors (Lipinski definition) is 7. The molecule has 4 N–H and O–H groups in total. The van der Waals surface area contributed by atoms with E-state index in [1.54, 1.807) is 0 Å². The monoisotopic (exact) mass is 485 g/mol. The molecule has 36 heavy (non-hydrogen) atoms. The Balaban J connectivity index is 1.56. The lowest BCUT2D eigenvalue weighted by Crippen LogP contribution is -2.38. The number of phenolic OH excluding ortho intramolecular Hbond substituents is 2. The summed E-state index contributed by atoms with van der Waals surface area (Å²) in [6, 6.07) is 12.7. The molecule has 3 aromatic carbocycles. The van der Waals surface area contributed by atoms with Gasteiger partial charge in [-0.3, -0.25) is 14.4 Å². The number of aliphatic hydroxyl groups excluding tert-OH is 1. The SMILES string of the molecule is CC(=O)C1=C(O)C=C2Oc3c(C(=O)NCc4c(C)ccc5ccccc45)c(O)cc(O)c3[C@]2(C)C1=O. The number of carbonyl (C=O) groups is 3. The van der Waals surface area contributed by atoms with Gasteiger partial charge in [0.2, 0.25) is 0 Å². The Bertz CT molecular complexity index is 1580. The van der Waals surface area contributed by atoms with Crippen LogP contribution in [0.25, 0.3) is 10.8 Å². The first-order chi connectivity index (χ1) is 17.1. The Morgan fingerprint density at radius 2 is 1.78 bits per heavy atom. The average molecular weight is 485 g/mol. The Morgan fingerprint density at radius 3 is 2.50 bits per heavy atom. The maximum absolute atomic E-state index is 13.3. The maximum Gasteiger partial charge on any atom is 0.259 e. The summed E-state index contributed by atoms with van der Waals surface area (Å²) in [7, 11) is 0. The van der Waals surface area contributed by atoms with Gasteiger partial charge in [0.25, 0.3) is 5.91 Å². The molecule has 0 unspecified atom stereocenters. The molecule has 8 heteroatoms. The van der Waals surface area contributed by atoms with Crippen LogP contribution in [0, 0.1) is 6.92 Å². The van der Waals surface area contributed by atoms with Crippen molar-refractivity contribution in [1.82, 2.24) is 5.32 Å². The quantitative estimate of drug-likeness (QED) is 0.411. The third-order valence-corrected chi connectivity index (χ3v) is 6.93. The second-order valence-corrected chi connectivity index (χ2v) is 9.14. The van der Waals surface area contributed by atoms with Gasteiger partial charge in [-0.25, -0.2) is 0 Å². The van der Waals surface area contributed by atoms with E-state index in [1.165, 1.54) is 6.92 Å². The summed E-state index contributed by atoms with van der Waals surface area (Å²) in [6.07, 6.45) is 1.12. The molecule has 0 fully saturated rings. The van der Waals surface area contributed by atoms with E-state index in [9.17, 15) is 29.7 Å². The summed E-state index contributed by atoms with van der Waals surface area (Å²) in [6.45, 7) is 4.66. The standard InChI is InChI=1S/C28H23NO7/c1-13-8-9-15-6-4-5-7-16(15)17(13)12-29-27(35)23-18(31)10-20(33)24-25(23)36-21-11-19(32)22(14(2)30)26(34)28(21,24)3/h4-11,31-33H,12H2,1-3H3,(H,29,35)/t28-/m1/s1. The second kappa shape index (κ2) is 7.98. The molecule has 1 heterocycles. The minimum Gasteiger partial charge on any atom is -0.507 e.